The number of benzene rings is 4. The van der Waals surface area contributed by atoms with Crippen LogP contribution in [0.25, 0.3) is 33.4 Å². The molecule has 5 rings (SSSR count). The van der Waals surface area contributed by atoms with Gasteiger partial charge in [-0.2, -0.15) is 0 Å². The van der Waals surface area contributed by atoms with Crippen molar-refractivity contribution in [3.8, 4) is 33.4 Å². The summed E-state index contributed by atoms with van der Waals surface area (Å²) >= 11 is 0. The van der Waals surface area contributed by atoms with Gasteiger partial charge in [-0.05, 0) is 63.1 Å². The number of rotatable bonds is 10. The number of hydrogen-bond donors (Lipinski definition) is 2. The van der Waals surface area contributed by atoms with Crippen molar-refractivity contribution in [1.82, 2.24) is 0 Å². The lowest BCUT2D eigenvalue weighted by Gasteiger charge is -2.22. The highest BCUT2D eigenvalue weighted by atomic mass is 14.8. The van der Waals surface area contributed by atoms with E-state index >= 15 is 0 Å². The largest absolute Gasteiger partial charge is 0.383 e. The molecule has 0 spiro atoms. The first-order valence-corrected chi connectivity index (χ1v) is 15.6. The van der Waals surface area contributed by atoms with Gasteiger partial charge in [0.1, 0.15) is 5.84 Å². The van der Waals surface area contributed by atoms with E-state index in [-0.39, 0.29) is 5.41 Å². The van der Waals surface area contributed by atoms with Gasteiger partial charge in [0.05, 0.1) is 6.54 Å². The maximum atomic E-state index is 6.08. The molecular formula is C43H45N3. The minimum atomic E-state index is 0.00747. The zero-order valence-electron chi connectivity index (χ0n) is 27.3. The van der Waals surface area contributed by atoms with Crippen LogP contribution >= 0.6 is 0 Å². The zero-order chi connectivity index (χ0) is 33.1. The predicted molar refractivity (Wildman–Crippen MR) is 201 cm³/mol. The van der Waals surface area contributed by atoms with Crippen molar-refractivity contribution in [3.63, 3.8) is 0 Å². The van der Waals surface area contributed by atoms with E-state index in [2.05, 4.69) is 130 Å². The lowest BCUT2D eigenvalue weighted by molar-refractivity contribution is 0.660. The summed E-state index contributed by atoms with van der Waals surface area (Å²) in [5.41, 5.74) is 24.8. The Labute approximate surface area is 275 Å². The lowest BCUT2D eigenvalue weighted by Crippen LogP contribution is -2.14. The molecule has 0 radical (unpaired) electrons. The molecule has 1 aliphatic carbocycles. The molecule has 0 heterocycles. The molecule has 0 saturated heterocycles. The third-order valence-corrected chi connectivity index (χ3v) is 8.28. The average Bonchev–Trinajstić information content (AvgIpc) is 3.32. The first-order chi connectivity index (χ1) is 22.2. The van der Waals surface area contributed by atoms with Gasteiger partial charge in [-0.15, -0.1) is 0 Å². The van der Waals surface area contributed by atoms with E-state index < -0.39 is 0 Å². The summed E-state index contributed by atoms with van der Waals surface area (Å²) in [7, 11) is 0. The highest BCUT2D eigenvalue weighted by Gasteiger charge is 2.35. The predicted octanol–water partition coefficient (Wildman–Crippen LogP) is 10.1. The first-order valence-electron chi connectivity index (χ1n) is 15.6. The Morgan fingerprint density at radius 2 is 1.30 bits per heavy atom. The highest BCUT2D eigenvalue weighted by molar-refractivity contribution is 5.99. The number of aliphatic imine (C=N–C) groups is 1. The normalized spacial score (nSPS) is 13.8. The molecule has 4 N–H and O–H groups in total. The molecule has 0 saturated carbocycles. The maximum absolute atomic E-state index is 6.08. The zero-order valence-corrected chi connectivity index (χ0v) is 27.3. The summed E-state index contributed by atoms with van der Waals surface area (Å²) in [5.74, 6) is 0.466. The highest BCUT2D eigenvalue weighted by Crippen LogP contribution is 2.49. The Balaban J connectivity index is 0.000000468. The number of hydrogen-bond acceptors (Lipinski definition) is 2. The van der Waals surface area contributed by atoms with Gasteiger partial charge in [0.2, 0.25) is 0 Å². The van der Waals surface area contributed by atoms with Crippen LogP contribution in [0.15, 0.2) is 169 Å². The van der Waals surface area contributed by atoms with Gasteiger partial charge >= 0.3 is 0 Å². The van der Waals surface area contributed by atoms with E-state index in [1.165, 1.54) is 50.1 Å². The summed E-state index contributed by atoms with van der Waals surface area (Å²) in [5, 5.41) is 0. The summed E-state index contributed by atoms with van der Waals surface area (Å²) in [6, 6.07) is 33.0. The molecule has 0 unspecified atom stereocenters. The fourth-order valence-corrected chi connectivity index (χ4v) is 5.56. The van der Waals surface area contributed by atoms with Gasteiger partial charge in [-0.25, -0.2) is 0 Å². The molecule has 0 atom stereocenters. The number of allylic oxidation sites excluding steroid dienone is 6. The molecule has 46 heavy (non-hydrogen) atoms. The van der Waals surface area contributed by atoms with E-state index in [4.69, 9.17) is 11.5 Å². The Morgan fingerprint density at radius 3 is 1.91 bits per heavy atom. The molecule has 232 valence electrons. The van der Waals surface area contributed by atoms with Crippen molar-refractivity contribution in [3.05, 3.63) is 181 Å². The van der Waals surface area contributed by atoms with Crippen LogP contribution in [0, 0.1) is 0 Å². The molecule has 1 aliphatic rings. The van der Waals surface area contributed by atoms with E-state index in [9.17, 15) is 0 Å². The standard InChI is InChI=1S/C35H32N2.C8H13N/c1-5-9-25(6-2)34(36)37-23-24-12-14-26(15-13-24)27-16-18-28(19-17-27)29-20-21-31-30-10-7-8-11-32(30)35(3,4)33(31)22-29;1-3-4-5-6-8(2)7-9/h5-22H,1-2,23H2,3-4H3,(H2,36,37);3-6H,1,7,9H2,2H3/b25-9+;5-4-,8-6+. The quantitative estimate of drug-likeness (QED) is 0.108. The van der Waals surface area contributed by atoms with Gasteiger partial charge in [0, 0.05) is 17.5 Å². The van der Waals surface area contributed by atoms with Crippen molar-refractivity contribution < 1.29 is 0 Å². The Bertz CT molecular complexity index is 1810. The van der Waals surface area contributed by atoms with Crippen LogP contribution in [-0.2, 0) is 12.0 Å². The second-order valence-electron chi connectivity index (χ2n) is 11.8. The fraction of sp³-hybridized carbons (Fsp3) is 0.140. The SMILES string of the molecule is C=C/C=C(\C=C)C(N)=NCc1ccc(-c2ccc(-c3ccc4c(c3)C(C)(C)c3ccccc3-4)cc2)cc1.C=C/C=C\C=C(/C)CN. The van der Waals surface area contributed by atoms with Crippen molar-refractivity contribution >= 4 is 5.84 Å². The van der Waals surface area contributed by atoms with Gasteiger partial charge < -0.3 is 11.5 Å². The van der Waals surface area contributed by atoms with Crippen LogP contribution in [0.3, 0.4) is 0 Å². The number of fused-ring (bicyclic) bond motifs is 3. The van der Waals surface area contributed by atoms with Gasteiger partial charge in [-0.1, -0.05) is 167 Å². The maximum Gasteiger partial charge on any atom is 0.125 e. The van der Waals surface area contributed by atoms with Gasteiger partial charge in [-0.3, -0.25) is 4.99 Å². The number of nitrogens with two attached hydrogens (primary N) is 2. The van der Waals surface area contributed by atoms with E-state index in [1.807, 2.05) is 25.2 Å². The Kier molecular flexibility index (Phi) is 11.4. The summed E-state index contributed by atoms with van der Waals surface area (Å²) in [6.45, 7) is 18.8. The van der Waals surface area contributed by atoms with E-state index in [0.29, 0.717) is 18.9 Å². The topological polar surface area (TPSA) is 64.4 Å². The number of amidine groups is 1. The van der Waals surface area contributed by atoms with Crippen LogP contribution in [0.2, 0.25) is 0 Å². The average molecular weight is 604 g/mol. The molecule has 4 aromatic carbocycles. The van der Waals surface area contributed by atoms with Crippen LogP contribution in [0.1, 0.15) is 37.5 Å². The third kappa shape index (κ3) is 7.87. The van der Waals surface area contributed by atoms with Crippen LogP contribution < -0.4 is 11.5 Å². The molecule has 0 aliphatic heterocycles. The molecule has 4 aromatic rings. The minimum absolute atomic E-state index is 0.00747. The molecule has 3 heteroatoms. The van der Waals surface area contributed by atoms with Crippen LogP contribution in [0.5, 0.6) is 0 Å². The second-order valence-corrected chi connectivity index (χ2v) is 11.8. The van der Waals surface area contributed by atoms with Gasteiger partial charge in [0.25, 0.3) is 0 Å². The lowest BCUT2D eigenvalue weighted by atomic mass is 9.81. The molecular weight excluding hydrogens is 558 g/mol. The summed E-state index contributed by atoms with van der Waals surface area (Å²) in [4.78, 5) is 4.49. The third-order valence-electron chi connectivity index (χ3n) is 8.28. The molecule has 0 fully saturated rings. The Morgan fingerprint density at radius 1 is 0.717 bits per heavy atom. The molecule has 0 aromatic heterocycles. The summed E-state index contributed by atoms with van der Waals surface area (Å²) < 4.78 is 0. The monoisotopic (exact) mass is 603 g/mol. The van der Waals surface area contributed by atoms with Gasteiger partial charge in [0.15, 0.2) is 0 Å². The van der Waals surface area contributed by atoms with Crippen molar-refractivity contribution in [2.75, 3.05) is 6.54 Å². The minimum Gasteiger partial charge on any atom is -0.383 e. The molecule has 3 nitrogen and oxygen atoms in total. The van der Waals surface area contributed by atoms with Crippen molar-refractivity contribution in [2.24, 2.45) is 16.5 Å². The van der Waals surface area contributed by atoms with Crippen LogP contribution in [0.4, 0.5) is 0 Å². The molecule has 0 bridgehead atoms. The van der Waals surface area contributed by atoms with Crippen LogP contribution in [-0.4, -0.2) is 12.4 Å². The molecule has 0 amide bonds. The Hall–Kier alpha value is -5.25. The number of nitrogens with zero attached hydrogens (tertiary/aromatic N) is 1. The van der Waals surface area contributed by atoms with Crippen molar-refractivity contribution in [1.29, 1.82) is 0 Å². The van der Waals surface area contributed by atoms with E-state index in [0.717, 1.165) is 11.1 Å². The summed E-state index contributed by atoms with van der Waals surface area (Å²) in [6.07, 6.45) is 12.7. The van der Waals surface area contributed by atoms with E-state index in [1.54, 1.807) is 24.3 Å². The first kappa shape index (κ1) is 33.6. The van der Waals surface area contributed by atoms with Crippen molar-refractivity contribution in [2.45, 2.75) is 32.7 Å². The second kappa shape index (κ2) is 15.7. The fourth-order valence-electron chi connectivity index (χ4n) is 5.56. The smallest absolute Gasteiger partial charge is 0.125 e.